The lowest BCUT2D eigenvalue weighted by Gasteiger charge is -2.39. The van der Waals surface area contributed by atoms with E-state index < -0.39 is 26.9 Å². The molecular formula is C25H31N3O3S. The highest BCUT2D eigenvalue weighted by Crippen LogP contribution is 2.55. The van der Waals surface area contributed by atoms with E-state index in [2.05, 4.69) is 60.1 Å². The van der Waals surface area contributed by atoms with Gasteiger partial charge in [0.25, 0.3) is 0 Å². The highest BCUT2D eigenvalue weighted by atomic mass is 32.2. The SMILES string of the molecule is CN(C)c1ccc(/C=C/C=C/C23OCCN2c2ccc(S(=O)(=O)CN)cc2C3(C)C)cc1. The monoisotopic (exact) mass is 453 g/mol. The van der Waals surface area contributed by atoms with Crippen LogP contribution in [0.4, 0.5) is 11.4 Å². The Labute approximate surface area is 190 Å². The van der Waals surface area contributed by atoms with E-state index in [-0.39, 0.29) is 4.90 Å². The minimum Gasteiger partial charge on any atom is -0.378 e. The zero-order valence-electron chi connectivity index (χ0n) is 19.1. The molecule has 0 radical (unpaired) electrons. The second kappa shape index (κ2) is 8.06. The summed E-state index contributed by atoms with van der Waals surface area (Å²) in [5, 5.41) is 0. The molecule has 0 aromatic heterocycles. The number of rotatable bonds is 6. The van der Waals surface area contributed by atoms with Gasteiger partial charge in [0.05, 0.1) is 11.5 Å². The molecule has 1 atom stereocenters. The number of hydrogen-bond acceptors (Lipinski definition) is 6. The summed E-state index contributed by atoms with van der Waals surface area (Å²) in [5.41, 5.74) is 8.61. The van der Waals surface area contributed by atoms with Crippen LogP contribution in [0.1, 0.15) is 25.0 Å². The van der Waals surface area contributed by atoms with E-state index in [0.29, 0.717) is 6.61 Å². The topological polar surface area (TPSA) is 75.9 Å². The number of fused-ring (bicyclic) bond motifs is 3. The molecular weight excluding hydrogens is 422 g/mol. The van der Waals surface area contributed by atoms with Crippen LogP contribution in [0.3, 0.4) is 0 Å². The third kappa shape index (κ3) is 3.54. The molecule has 4 rings (SSSR count). The third-order valence-electron chi connectivity index (χ3n) is 6.58. The van der Waals surface area contributed by atoms with Gasteiger partial charge in [-0.25, -0.2) is 8.42 Å². The van der Waals surface area contributed by atoms with Gasteiger partial charge in [0, 0.05) is 37.4 Å². The summed E-state index contributed by atoms with van der Waals surface area (Å²) < 4.78 is 31.0. The Morgan fingerprint density at radius 1 is 1.12 bits per heavy atom. The van der Waals surface area contributed by atoms with Crippen LogP contribution in [0.2, 0.25) is 0 Å². The van der Waals surface area contributed by atoms with Gasteiger partial charge in [-0.3, -0.25) is 0 Å². The van der Waals surface area contributed by atoms with Crippen LogP contribution in [0, 0.1) is 0 Å². The number of benzene rings is 2. The van der Waals surface area contributed by atoms with Crippen molar-refractivity contribution in [3.05, 3.63) is 71.8 Å². The largest absolute Gasteiger partial charge is 0.378 e. The standard InChI is InChI=1S/C25H31N3O3S/c1-24(2)22-17-21(32(29,30)18-26)12-13-23(22)28-15-16-31-25(24,28)14-6-5-7-19-8-10-20(11-9-19)27(3)4/h5-14,17H,15-16,18,26H2,1-4H3/b7-5+,14-6+. The average Bonchev–Trinajstić information content (AvgIpc) is 3.28. The summed E-state index contributed by atoms with van der Waals surface area (Å²) in [4.78, 5) is 4.56. The van der Waals surface area contributed by atoms with Crippen LogP contribution in [-0.4, -0.2) is 47.3 Å². The number of sulfone groups is 1. The van der Waals surface area contributed by atoms with Crippen molar-refractivity contribution in [3.8, 4) is 0 Å². The first kappa shape index (κ1) is 22.6. The number of allylic oxidation sites excluding steroid dienone is 2. The van der Waals surface area contributed by atoms with Crippen molar-refractivity contribution in [2.24, 2.45) is 5.73 Å². The second-order valence-electron chi connectivity index (χ2n) is 8.99. The van der Waals surface area contributed by atoms with Crippen molar-refractivity contribution in [1.29, 1.82) is 0 Å². The molecule has 0 amide bonds. The Bertz CT molecular complexity index is 1170. The van der Waals surface area contributed by atoms with E-state index >= 15 is 0 Å². The minimum absolute atomic E-state index is 0.258. The van der Waals surface area contributed by atoms with Crippen LogP contribution >= 0.6 is 0 Å². The maximum absolute atomic E-state index is 12.3. The van der Waals surface area contributed by atoms with Crippen LogP contribution in [-0.2, 0) is 20.0 Å². The van der Waals surface area contributed by atoms with Crippen LogP contribution in [0.5, 0.6) is 0 Å². The zero-order chi connectivity index (χ0) is 23.1. The molecule has 7 heteroatoms. The van der Waals surface area contributed by atoms with E-state index in [4.69, 9.17) is 10.5 Å². The molecule has 0 aliphatic carbocycles. The quantitative estimate of drug-likeness (QED) is 0.675. The summed E-state index contributed by atoms with van der Waals surface area (Å²) >= 11 is 0. The zero-order valence-corrected chi connectivity index (χ0v) is 19.9. The molecule has 2 aliphatic rings. The van der Waals surface area contributed by atoms with Gasteiger partial charge in [-0.15, -0.1) is 0 Å². The fourth-order valence-corrected chi connectivity index (χ4v) is 5.44. The summed E-state index contributed by atoms with van der Waals surface area (Å²) in [5.74, 6) is -0.405. The van der Waals surface area contributed by atoms with Crippen LogP contribution in [0.25, 0.3) is 6.08 Å². The number of nitrogens with zero attached hydrogens (tertiary/aromatic N) is 2. The van der Waals surface area contributed by atoms with E-state index in [9.17, 15) is 8.42 Å². The van der Waals surface area contributed by atoms with E-state index in [0.717, 1.165) is 29.0 Å². The first-order valence-corrected chi connectivity index (χ1v) is 12.4. The van der Waals surface area contributed by atoms with Gasteiger partial charge in [-0.2, -0.15) is 0 Å². The number of nitrogens with two attached hydrogens (primary N) is 1. The Morgan fingerprint density at radius 3 is 2.50 bits per heavy atom. The third-order valence-corrected chi connectivity index (χ3v) is 7.99. The highest BCUT2D eigenvalue weighted by molar-refractivity contribution is 7.91. The van der Waals surface area contributed by atoms with Gasteiger partial charge < -0.3 is 20.3 Å². The summed E-state index contributed by atoms with van der Waals surface area (Å²) in [7, 11) is 0.560. The molecule has 2 aliphatic heterocycles. The number of anilines is 2. The first-order chi connectivity index (χ1) is 15.1. The Kier molecular flexibility index (Phi) is 5.69. The highest BCUT2D eigenvalue weighted by Gasteiger charge is 2.59. The van der Waals surface area contributed by atoms with Gasteiger partial charge in [-0.05, 0) is 47.5 Å². The Balaban J connectivity index is 1.64. The Hall–Kier alpha value is -2.61. The molecule has 32 heavy (non-hydrogen) atoms. The van der Waals surface area contributed by atoms with E-state index in [1.807, 2.05) is 32.3 Å². The van der Waals surface area contributed by atoms with E-state index in [1.54, 1.807) is 12.1 Å². The van der Waals surface area contributed by atoms with Gasteiger partial charge in [0.15, 0.2) is 15.6 Å². The summed E-state index contributed by atoms with van der Waals surface area (Å²) in [6.07, 6.45) is 8.18. The van der Waals surface area contributed by atoms with Gasteiger partial charge in [0.1, 0.15) is 5.88 Å². The molecule has 2 heterocycles. The van der Waals surface area contributed by atoms with Crippen molar-refractivity contribution in [2.45, 2.75) is 29.9 Å². The molecule has 6 nitrogen and oxygen atoms in total. The lowest BCUT2D eigenvalue weighted by molar-refractivity contribution is -0.000334. The molecule has 0 saturated carbocycles. The normalized spacial score (nSPS) is 22.0. The predicted molar refractivity (Wildman–Crippen MR) is 131 cm³/mol. The fourth-order valence-electron chi connectivity index (χ4n) is 4.67. The van der Waals surface area contributed by atoms with Crippen LogP contribution in [0.15, 0.2) is 65.6 Å². The molecule has 2 N–H and O–H groups in total. The molecule has 0 spiro atoms. The molecule has 1 unspecified atom stereocenters. The van der Waals surface area contributed by atoms with Crippen molar-refractivity contribution < 1.29 is 13.2 Å². The molecule has 1 fully saturated rings. The molecule has 2 aromatic carbocycles. The predicted octanol–water partition coefficient (Wildman–Crippen LogP) is 3.54. The van der Waals surface area contributed by atoms with Gasteiger partial charge in [0.2, 0.25) is 0 Å². The lowest BCUT2D eigenvalue weighted by Crippen LogP contribution is -2.51. The Morgan fingerprint density at radius 2 is 1.84 bits per heavy atom. The number of ether oxygens (including phenoxy) is 1. The second-order valence-corrected chi connectivity index (χ2v) is 11.0. The molecule has 1 saturated heterocycles. The maximum atomic E-state index is 12.3. The minimum atomic E-state index is -3.49. The summed E-state index contributed by atoms with van der Waals surface area (Å²) in [6, 6.07) is 13.6. The van der Waals surface area contributed by atoms with Gasteiger partial charge in [-0.1, -0.05) is 44.2 Å². The van der Waals surface area contributed by atoms with Crippen molar-refractivity contribution in [3.63, 3.8) is 0 Å². The molecule has 0 bridgehead atoms. The molecule has 170 valence electrons. The average molecular weight is 454 g/mol. The number of hydrogen-bond donors (Lipinski definition) is 1. The van der Waals surface area contributed by atoms with Crippen molar-refractivity contribution >= 4 is 27.3 Å². The summed E-state index contributed by atoms with van der Waals surface area (Å²) in [6.45, 7) is 5.57. The first-order valence-electron chi connectivity index (χ1n) is 10.7. The fraction of sp³-hybridized carbons (Fsp3) is 0.360. The van der Waals surface area contributed by atoms with Crippen molar-refractivity contribution in [1.82, 2.24) is 0 Å². The van der Waals surface area contributed by atoms with Gasteiger partial charge >= 0.3 is 0 Å². The molecule has 2 aromatic rings. The maximum Gasteiger partial charge on any atom is 0.191 e. The lowest BCUT2D eigenvalue weighted by atomic mass is 9.77. The van der Waals surface area contributed by atoms with Crippen molar-refractivity contribution in [2.75, 3.05) is 42.9 Å². The van der Waals surface area contributed by atoms with E-state index in [1.165, 1.54) is 0 Å². The van der Waals surface area contributed by atoms with Crippen LogP contribution < -0.4 is 15.5 Å². The smallest absolute Gasteiger partial charge is 0.191 e.